The van der Waals surface area contributed by atoms with Gasteiger partial charge in [-0.1, -0.05) is 6.07 Å². The molecule has 0 saturated carbocycles. The van der Waals surface area contributed by atoms with Crippen LogP contribution in [-0.2, 0) is 0 Å². The van der Waals surface area contributed by atoms with E-state index in [0.29, 0.717) is 17.6 Å². The molecule has 5 nitrogen and oxygen atoms in total. The van der Waals surface area contributed by atoms with Crippen molar-refractivity contribution in [1.29, 1.82) is 0 Å². The number of aromatic amines is 1. The first-order chi connectivity index (χ1) is 10.1. The van der Waals surface area contributed by atoms with Crippen molar-refractivity contribution in [2.75, 3.05) is 24.5 Å². The summed E-state index contributed by atoms with van der Waals surface area (Å²) < 4.78 is 28.0. The van der Waals surface area contributed by atoms with E-state index < -0.39 is 11.6 Å². The van der Waals surface area contributed by atoms with E-state index in [-0.39, 0.29) is 11.4 Å². The fourth-order valence-corrected chi connectivity index (χ4v) is 2.49. The van der Waals surface area contributed by atoms with Crippen LogP contribution in [0.5, 0.6) is 0 Å². The Morgan fingerprint density at radius 3 is 2.90 bits per heavy atom. The van der Waals surface area contributed by atoms with E-state index in [0.717, 1.165) is 19.6 Å². The first kappa shape index (κ1) is 13.9. The van der Waals surface area contributed by atoms with Crippen molar-refractivity contribution in [1.82, 2.24) is 20.5 Å². The number of piperazine rings is 1. The second-order valence-corrected chi connectivity index (χ2v) is 5.34. The van der Waals surface area contributed by atoms with E-state index in [4.69, 9.17) is 0 Å². The van der Waals surface area contributed by atoms with Gasteiger partial charge in [0.15, 0.2) is 5.82 Å². The molecule has 1 fully saturated rings. The van der Waals surface area contributed by atoms with Crippen LogP contribution in [0.3, 0.4) is 0 Å². The molecule has 0 aliphatic carbocycles. The molecule has 2 aromatic rings. The number of anilines is 1. The average Bonchev–Trinajstić information content (AvgIpc) is 2.93. The summed E-state index contributed by atoms with van der Waals surface area (Å²) in [4.78, 5) is 6.25. The van der Waals surface area contributed by atoms with E-state index in [9.17, 15) is 8.78 Å². The largest absolute Gasteiger partial charge is 0.337 e. The van der Waals surface area contributed by atoms with Crippen LogP contribution in [0, 0.1) is 18.6 Å². The molecule has 1 aliphatic heterocycles. The van der Waals surface area contributed by atoms with Crippen molar-refractivity contribution >= 4 is 5.95 Å². The van der Waals surface area contributed by atoms with Crippen LogP contribution in [0.1, 0.15) is 12.5 Å². The Labute approximate surface area is 121 Å². The maximum absolute atomic E-state index is 14.1. The Kier molecular flexibility index (Phi) is 3.59. The zero-order valence-corrected chi connectivity index (χ0v) is 12.0. The van der Waals surface area contributed by atoms with Gasteiger partial charge >= 0.3 is 0 Å². The minimum atomic E-state index is -0.644. The van der Waals surface area contributed by atoms with Crippen molar-refractivity contribution < 1.29 is 8.78 Å². The molecule has 1 aliphatic rings. The van der Waals surface area contributed by atoms with Crippen LogP contribution in [0.4, 0.5) is 14.7 Å². The number of H-pyrrole nitrogens is 1. The van der Waals surface area contributed by atoms with E-state index in [1.54, 1.807) is 6.92 Å². The summed E-state index contributed by atoms with van der Waals surface area (Å²) in [5.41, 5.74) is 0.220. The van der Waals surface area contributed by atoms with Crippen LogP contribution >= 0.6 is 0 Å². The van der Waals surface area contributed by atoms with Gasteiger partial charge in [-0.05, 0) is 25.5 Å². The van der Waals surface area contributed by atoms with Crippen molar-refractivity contribution in [2.24, 2.45) is 0 Å². The zero-order chi connectivity index (χ0) is 15.0. The zero-order valence-electron chi connectivity index (χ0n) is 12.0. The lowest BCUT2D eigenvalue weighted by Gasteiger charge is -2.30. The second-order valence-electron chi connectivity index (χ2n) is 5.34. The lowest BCUT2D eigenvalue weighted by atomic mass is 10.1. The third kappa shape index (κ3) is 2.61. The fraction of sp³-hybridized carbons (Fsp3) is 0.429. The van der Waals surface area contributed by atoms with Crippen LogP contribution in [0.2, 0.25) is 0 Å². The number of hydrogen-bond donors (Lipinski definition) is 2. The van der Waals surface area contributed by atoms with Gasteiger partial charge in [0.05, 0.1) is 5.56 Å². The van der Waals surface area contributed by atoms with Gasteiger partial charge in [0.2, 0.25) is 5.95 Å². The lowest BCUT2D eigenvalue weighted by molar-refractivity contribution is 0.480. The molecule has 7 heteroatoms. The molecule has 0 spiro atoms. The minimum absolute atomic E-state index is 0.120. The fourth-order valence-electron chi connectivity index (χ4n) is 2.49. The number of aryl methyl sites for hydroxylation is 1. The second kappa shape index (κ2) is 5.40. The van der Waals surface area contributed by atoms with Gasteiger partial charge in [-0.2, -0.15) is 4.98 Å². The predicted octanol–water partition coefficient (Wildman–Crippen LogP) is 1.86. The quantitative estimate of drug-likeness (QED) is 0.887. The van der Waals surface area contributed by atoms with Crippen molar-refractivity contribution in [3.05, 3.63) is 29.3 Å². The van der Waals surface area contributed by atoms with Gasteiger partial charge in [0.1, 0.15) is 11.6 Å². The first-order valence-corrected chi connectivity index (χ1v) is 6.92. The maximum atomic E-state index is 14.1. The molecule has 21 heavy (non-hydrogen) atoms. The first-order valence-electron chi connectivity index (χ1n) is 6.92. The van der Waals surface area contributed by atoms with Gasteiger partial charge in [-0.15, -0.1) is 5.10 Å². The van der Waals surface area contributed by atoms with Gasteiger partial charge in [0, 0.05) is 25.7 Å². The summed E-state index contributed by atoms with van der Waals surface area (Å²) in [6, 6.07) is 2.97. The van der Waals surface area contributed by atoms with Crippen LogP contribution in [0.25, 0.3) is 11.4 Å². The van der Waals surface area contributed by atoms with Crippen molar-refractivity contribution in [2.45, 2.75) is 19.9 Å². The van der Waals surface area contributed by atoms with Crippen molar-refractivity contribution in [3.63, 3.8) is 0 Å². The van der Waals surface area contributed by atoms with Gasteiger partial charge in [-0.3, -0.25) is 5.10 Å². The summed E-state index contributed by atoms with van der Waals surface area (Å²) in [6.45, 7) is 6.02. The number of aromatic nitrogens is 3. The Balaban J connectivity index is 1.94. The molecule has 0 bridgehead atoms. The molecule has 0 amide bonds. The topological polar surface area (TPSA) is 56.8 Å². The molecule has 2 N–H and O–H groups in total. The lowest BCUT2D eigenvalue weighted by Crippen LogP contribution is -2.49. The Bertz CT molecular complexity index is 655. The molecule has 3 rings (SSSR count). The highest BCUT2D eigenvalue weighted by Crippen LogP contribution is 2.26. The Hall–Kier alpha value is -2.02. The SMILES string of the molecule is Cc1ccc(F)c(-c2nc(N3CCNC(C)C3)n[nH]2)c1F. The molecule has 1 unspecified atom stereocenters. The third-order valence-electron chi connectivity index (χ3n) is 3.65. The average molecular weight is 293 g/mol. The summed E-state index contributed by atoms with van der Waals surface area (Å²) in [5.74, 6) is -0.658. The molecule has 112 valence electrons. The normalized spacial score (nSPS) is 19.0. The summed E-state index contributed by atoms with van der Waals surface area (Å²) in [7, 11) is 0. The Morgan fingerprint density at radius 1 is 1.33 bits per heavy atom. The maximum Gasteiger partial charge on any atom is 0.245 e. The van der Waals surface area contributed by atoms with Gasteiger partial charge < -0.3 is 10.2 Å². The standard InChI is InChI=1S/C14H17F2N5/c1-8-3-4-10(15)11(12(8)16)13-18-14(20-19-13)21-6-5-17-9(2)7-21/h3-4,9,17H,5-7H2,1-2H3,(H,18,19,20). The summed E-state index contributed by atoms with van der Waals surface area (Å²) >= 11 is 0. The number of halogens is 2. The molecular weight excluding hydrogens is 276 g/mol. The smallest absolute Gasteiger partial charge is 0.245 e. The van der Waals surface area contributed by atoms with Crippen LogP contribution in [0.15, 0.2) is 12.1 Å². The molecule has 1 saturated heterocycles. The van der Waals surface area contributed by atoms with Crippen molar-refractivity contribution in [3.8, 4) is 11.4 Å². The molecule has 1 aromatic carbocycles. The van der Waals surface area contributed by atoms with E-state index in [1.807, 2.05) is 4.90 Å². The number of benzene rings is 1. The number of nitrogens with one attached hydrogen (secondary N) is 2. The minimum Gasteiger partial charge on any atom is -0.337 e. The number of hydrogen-bond acceptors (Lipinski definition) is 4. The number of rotatable bonds is 2. The predicted molar refractivity (Wildman–Crippen MR) is 76.1 cm³/mol. The highest BCUT2D eigenvalue weighted by molar-refractivity contribution is 5.59. The molecular formula is C14H17F2N5. The number of nitrogens with zero attached hydrogens (tertiary/aromatic N) is 3. The van der Waals surface area contributed by atoms with E-state index in [2.05, 4.69) is 27.4 Å². The summed E-state index contributed by atoms with van der Waals surface area (Å²) in [5, 5.41) is 10.0. The van der Waals surface area contributed by atoms with Crippen LogP contribution in [-0.4, -0.2) is 40.9 Å². The molecule has 0 radical (unpaired) electrons. The summed E-state index contributed by atoms with van der Waals surface area (Å²) in [6.07, 6.45) is 0. The Morgan fingerprint density at radius 2 is 2.14 bits per heavy atom. The van der Waals surface area contributed by atoms with E-state index in [1.165, 1.54) is 12.1 Å². The highest BCUT2D eigenvalue weighted by Gasteiger charge is 2.22. The van der Waals surface area contributed by atoms with Gasteiger partial charge in [0.25, 0.3) is 0 Å². The monoisotopic (exact) mass is 293 g/mol. The molecule has 1 aromatic heterocycles. The molecule has 2 heterocycles. The third-order valence-corrected chi connectivity index (χ3v) is 3.65. The van der Waals surface area contributed by atoms with Crippen LogP contribution < -0.4 is 10.2 Å². The van der Waals surface area contributed by atoms with Gasteiger partial charge in [-0.25, -0.2) is 8.78 Å². The highest BCUT2D eigenvalue weighted by atomic mass is 19.1. The van der Waals surface area contributed by atoms with E-state index >= 15 is 0 Å². The molecule has 1 atom stereocenters.